The molecule has 1 aromatic carbocycles. The fourth-order valence-electron chi connectivity index (χ4n) is 3.18. The topological polar surface area (TPSA) is 29.3 Å². The van der Waals surface area contributed by atoms with E-state index in [-0.39, 0.29) is 6.04 Å². The molecule has 1 fully saturated rings. The van der Waals surface area contributed by atoms with Gasteiger partial charge in [0.1, 0.15) is 0 Å². The zero-order valence-corrected chi connectivity index (χ0v) is 14.1. The van der Waals surface area contributed by atoms with Gasteiger partial charge in [-0.2, -0.15) is 0 Å². The van der Waals surface area contributed by atoms with Crippen LogP contribution in [0.25, 0.3) is 0 Å². The highest BCUT2D eigenvalue weighted by molar-refractivity contribution is 9.10. The van der Waals surface area contributed by atoms with E-state index >= 15 is 0 Å². The quantitative estimate of drug-likeness (QED) is 0.856. The summed E-state index contributed by atoms with van der Waals surface area (Å²) >= 11 is 3.47. The second kappa shape index (κ2) is 8.16. The minimum absolute atomic E-state index is 0.156. The molecule has 0 spiro atoms. The van der Waals surface area contributed by atoms with Gasteiger partial charge < -0.3 is 10.6 Å². The molecule has 0 radical (unpaired) electrons. The van der Waals surface area contributed by atoms with Crippen LogP contribution in [0.3, 0.4) is 0 Å². The van der Waals surface area contributed by atoms with Crippen molar-refractivity contribution in [2.45, 2.75) is 57.5 Å². The van der Waals surface area contributed by atoms with Crippen molar-refractivity contribution in [3.63, 3.8) is 0 Å². The van der Waals surface area contributed by atoms with Crippen LogP contribution in [0, 0.1) is 0 Å². The Morgan fingerprint density at radius 2 is 2.00 bits per heavy atom. The van der Waals surface area contributed by atoms with Gasteiger partial charge in [0.15, 0.2) is 0 Å². The first-order valence-corrected chi connectivity index (χ1v) is 8.75. The Morgan fingerprint density at radius 3 is 2.70 bits per heavy atom. The number of nitrogens with two attached hydrogens (primary N) is 1. The number of hydrogen-bond acceptors (Lipinski definition) is 2. The van der Waals surface area contributed by atoms with E-state index in [1.807, 2.05) is 0 Å². The summed E-state index contributed by atoms with van der Waals surface area (Å²) < 4.78 is 1.12. The number of halogens is 1. The predicted molar refractivity (Wildman–Crippen MR) is 89.8 cm³/mol. The Balaban J connectivity index is 1.87. The lowest BCUT2D eigenvalue weighted by Crippen LogP contribution is -2.36. The first kappa shape index (κ1) is 16.0. The molecule has 112 valence electrons. The van der Waals surface area contributed by atoms with Crippen LogP contribution in [0.2, 0.25) is 0 Å². The second-order valence-electron chi connectivity index (χ2n) is 5.89. The van der Waals surface area contributed by atoms with E-state index in [1.54, 1.807) is 0 Å². The van der Waals surface area contributed by atoms with E-state index in [2.05, 4.69) is 52.0 Å². The van der Waals surface area contributed by atoms with Crippen molar-refractivity contribution in [3.8, 4) is 0 Å². The van der Waals surface area contributed by atoms with E-state index < -0.39 is 0 Å². The average Bonchev–Trinajstić information content (AvgIpc) is 2.70. The summed E-state index contributed by atoms with van der Waals surface area (Å²) in [5.41, 5.74) is 7.59. The van der Waals surface area contributed by atoms with Crippen LogP contribution in [0.15, 0.2) is 28.7 Å². The fourth-order valence-corrected chi connectivity index (χ4v) is 3.44. The minimum atomic E-state index is 0.156. The number of rotatable bonds is 5. The molecule has 2 N–H and O–H groups in total. The zero-order valence-electron chi connectivity index (χ0n) is 12.5. The van der Waals surface area contributed by atoms with Crippen LogP contribution in [-0.2, 0) is 0 Å². The Labute approximate surface area is 131 Å². The van der Waals surface area contributed by atoms with E-state index in [0.717, 1.165) is 23.5 Å². The lowest BCUT2D eigenvalue weighted by atomic mass is 10.0. The van der Waals surface area contributed by atoms with Crippen molar-refractivity contribution in [2.75, 3.05) is 13.1 Å². The van der Waals surface area contributed by atoms with Crippen molar-refractivity contribution in [3.05, 3.63) is 34.3 Å². The van der Waals surface area contributed by atoms with Crippen molar-refractivity contribution in [1.29, 1.82) is 0 Å². The summed E-state index contributed by atoms with van der Waals surface area (Å²) in [5.74, 6) is 0. The molecule has 1 heterocycles. The van der Waals surface area contributed by atoms with Gasteiger partial charge in [0.25, 0.3) is 0 Å². The summed E-state index contributed by atoms with van der Waals surface area (Å²) in [6, 6.07) is 9.35. The molecule has 2 unspecified atom stereocenters. The Hall–Kier alpha value is -0.380. The highest BCUT2D eigenvalue weighted by Crippen LogP contribution is 2.22. The lowest BCUT2D eigenvalue weighted by Gasteiger charge is -2.30. The number of benzene rings is 1. The van der Waals surface area contributed by atoms with Crippen LogP contribution >= 0.6 is 15.9 Å². The average molecular weight is 339 g/mol. The van der Waals surface area contributed by atoms with Crippen molar-refractivity contribution >= 4 is 15.9 Å². The summed E-state index contributed by atoms with van der Waals surface area (Å²) in [5, 5.41) is 0. The molecule has 20 heavy (non-hydrogen) atoms. The first-order valence-electron chi connectivity index (χ1n) is 7.95. The molecule has 0 aliphatic carbocycles. The third-order valence-electron chi connectivity index (χ3n) is 4.50. The monoisotopic (exact) mass is 338 g/mol. The standard InChI is InChI=1S/C17H27BrN2/c1-2-16-6-4-3-5-12-20(16)13-11-17(19)14-7-9-15(18)10-8-14/h7-10,16-17H,2-6,11-13,19H2,1H3. The maximum absolute atomic E-state index is 6.35. The van der Waals surface area contributed by atoms with Gasteiger partial charge in [-0.25, -0.2) is 0 Å². The molecule has 1 aromatic rings. The van der Waals surface area contributed by atoms with Gasteiger partial charge in [-0.3, -0.25) is 0 Å². The van der Waals surface area contributed by atoms with Gasteiger partial charge in [0.05, 0.1) is 0 Å². The maximum Gasteiger partial charge on any atom is 0.0307 e. The smallest absolute Gasteiger partial charge is 0.0307 e. The van der Waals surface area contributed by atoms with Gasteiger partial charge >= 0.3 is 0 Å². The molecule has 0 saturated carbocycles. The molecular weight excluding hydrogens is 312 g/mol. The van der Waals surface area contributed by atoms with Crippen LogP contribution < -0.4 is 5.73 Å². The molecule has 2 rings (SSSR count). The number of nitrogens with zero attached hydrogens (tertiary/aromatic N) is 1. The number of hydrogen-bond donors (Lipinski definition) is 1. The first-order chi connectivity index (χ1) is 9.70. The van der Waals surface area contributed by atoms with Gasteiger partial charge in [-0.05, 0) is 49.9 Å². The van der Waals surface area contributed by atoms with Gasteiger partial charge in [-0.15, -0.1) is 0 Å². The third-order valence-corrected chi connectivity index (χ3v) is 5.02. The fraction of sp³-hybridized carbons (Fsp3) is 0.647. The van der Waals surface area contributed by atoms with Crippen molar-refractivity contribution < 1.29 is 0 Å². The maximum atomic E-state index is 6.35. The van der Waals surface area contributed by atoms with Gasteiger partial charge in [0.2, 0.25) is 0 Å². The number of likely N-dealkylation sites (tertiary alicyclic amines) is 1. The van der Waals surface area contributed by atoms with E-state index in [9.17, 15) is 0 Å². The molecule has 0 aromatic heterocycles. The summed E-state index contributed by atoms with van der Waals surface area (Å²) in [7, 11) is 0. The van der Waals surface area contributed by atoms with Crippen molar-refractivity contribution in [1.82, 2.24) is 4.90 Å². The molecule has 0 bridgehead atoms. The largest absolute Gasteiger partial charge is 0.324 e. The van der Waals surface area contributed by atoms with E-state index in [1.165, 1.54) is 44.2 Å². The highest BCUT2D eigenvalue weighted by Gasteiger charge is 2.19. The van der Waals surface area contributed by atoms with Crippen LogP contribution in [-0.4, -0.2) is 24.0 Å². The zero-order chi connectivity index (χ0) is 14.4. The molecule has 2 nitrogen and oxygen atoms in total. The Morgan fingerprint density at radius 1 is 1.25 bits per heavy atom. The summed E-state index contributed by atoms with van der Waals surface area (Å²) in [4.78, 5) is 2.67. The van der Waals surface area contributed by atoms with Gasteiger partial charge in [-0.1, -0.05) is 47.8 Å². The van der Waals surface area contributed by atoms with Crippen LogP contribution in [0.4, 0.5) is 0 Å². The SMILES string of the molecule is CCC1CCCCCN1CCC(N)c1ccc(Br)cc1. The molecule has 0 amide bonds. The van der Waals surface area contributed by atoms with Crippen molar-refractivity contribution in [2.24, 2.45) is 5.73 Å². The molecule has 1 aliphatic rings. The predicted octanol–water partition coefficient (Wildman–Crippen LogP) is 4.49. The Bertz CT molecular complexity index is 390. The molecule has 1 aliphatic heterocycles. The Kier molecular flexibility index (Phi) is 6.53. The summed E-state index contributed by atoms with van der Waals surface area (Å²) in [6.45, 7) is 4.71. The summed E-state index contributed by atoms with van der Waals surface area (Å²) in [6.07, 6.45) is 7.83. The van der Waals surface area contributed by atoms with Gasteiger partial charge in [0, 0.05) is 23.1 Å². The second-order valence-corrected chi connectivity index (χ2v) is 6.81. The lowest BCUT2D eigenvalue weighted by molar-refractivity contribution is 0.188. The van der Waals surface area contributed by atoms with Crippen LogP contribution in [0.5, 0.6) is 0 Å². The normalized spacial score (nSPS) is 22.4. The molecular formula is C17H27BrN2. The van der Waals surface area contributed by atoms with Crippen LogP contribution in [0.1, 0.15) is 57.1 Å². The highest BCUT2D eigenvalue weighted by atomic mass is 79.9. The van der Waals surface area contributed by atoms with E-state index in [0.29, 0.717) is 0 Å². The minimum Gasteiger partial charge on any atom is -0.324 e. The van der Waals surface area contributed by atoms with E-state index in [4.69, 9.17) is 5.73 Å². The third kappa shape index (κ3) is 4.57. The molecule has 3 heteroatoms. The molecule has 1 saturated heterocycles. The molecule has 2 atom stereocenters.